The quantitative estimate of drug-likeness (QED) is 0.818. The van der Waals surface area contributed by atoms with Crippen molar-refractivity contribution in [2.45, 2.75) is 32.0 Å². The van der Waals surface area contributed by atoms with Crippen molar-refractivity contribution in [1.82, 2.24) is 0 Å². The lowest BCUT2D eigenvalue weighted by Crippen LogP contribution is -2.17. The van der Waals surface area contributed by atoms with Gasteiger partial charge in [0.05, 0.1) is 0 Å². The van der Waals surface area contributed by atoms with E-state index in [-0.39, 0.29) is 11.1 Å². The maximum Gasteiger partial charge on any atom is 0.389 e. The summed E-state index contributed by atoms with van der Waals surface area (Å²) in [7, 11) is 0. The van der Waals surface area contributed by atoms with Crippen molar-refractivity contribution in [1.29, 1.82) is 0 Å². The molecule has 0 aliphatic heterocycles. The second-order valence-electron chi connectivity index (χ2n) is 3.88. The molecule has 2 N–H and O–H groups in total. The van der Waals surface area contributed by atoms with Crippen LogP contribution in [0.2, 0.25) is 0 Å². The standard InChI is InChI=1S/C11H12F5N/c1-6-4-9(13)7(5-8(6)12)10(17)2-3-11(14,15)16/h4-5,10H,2-3,17H2,1H3. The Hall–Kier alpha value is -1.17. The molecule has 0 spiro atoms. The molecular weight excluding hydrogens is 241 g/mol. The van der Waals surface area contributed by atoms with Crippen LogP contribution in [0.5, 0.6) is 0 Å². The van der Waals surface area contributed by atoms with Gasteiger partial charge in [0, 0.05) is 18.0 Å². The van der Waals surface area contributed by atoms with Crippen molar-refractivity contribution >= 4 is 0 Å². The topological polar surface area (TPSA) is 26.0 Å². The summed E-state index contributed by atoms with van der Waals surface area (Å²) in [5.74, 6) is -1.46. The molecule has 1 atom stereocenters. The van der Waals surface area contributed by atoms with Crippen molar-refractivity contribution in [2.75, 3.05) is 0 Å². The number of aryl methyl sites for hydroxylation is 1. The van der Waals surface area contributed by atoms with Crippen LogP contribution < -0.4 is 5.73 Å². The van der Waals surface area contributed by atoms with Crippen LogP contribution in [0.1, 0.15) is 30.0 Å². The van der Waals surface area contributed by atoms with Gasteiger partial charge in [-0.2, -0.15) is 13.2 Å². The lowest BCUT2D eigenvalue weighted by molar-refractivity contribution is -0.136. The zero-order valence-electron chi connectivity index (χ0n) is 9.11. The molecule has 1 unspecified atom stereocenters. The number of halogens is 5. The first-order valence-corrected chi connectivity index (χ1v) is 4.98. The van der Waals surface area contributed by atoms with Gasteiger partial charge in [-0.3, -0.25) is 0 Å². The van der Waals surface area contributed by atoms with Crippen molar-refractivity contribution < 1.29 is 22.0 Å². The van der Waals surface area contributed by atoms with E-state index in [2.05, 4.69) is 0 Å². The summed E-state index contributed by atoms with van der Waals surface area (Å²) in [6.45, 7) is 1.36. The van der Waals surface area contributed by atoms with Crippen molar-refractivity contribution in [3.05, 3.63) is 34.9 Å². The Bertz CT molecular complexity index is 400. The predicted molar refractivity (Wildman–Crippen MR) is 53.3 cm³/mol. The maximum atomic E-state index is 13.4. The molecule has 1 aromatic rings. The number of benzene rings is 1. The maximum absolute atomic E-state index is 13.4. The van der Waals surface area contributed by atoms with Gasteiger partial charge in [-0.1, -0.05) is 0 Å². The molecule has 0 bridgehead atoms. The molecule has 1 rings (SSSR count). The van der Waals surface area contributed by atoms with Crippen LogP contribution in [0.25, 0.3) is 0 Å². The molecular formula is C11H12F5N. The first kappa shape index (κ1) is 13.9. The van der Waals surface area contributed by atoms with E-state index in [0.29, 0.717) is 0 Å². The minimum absolute atomic E-state index is 0.0919. The van der Waals surface area contributed by atoms with E-state index < -0.39 is 36.7 Å². The van der Waals surface area contributed by atoms with Gasteiger partial charge in [-0.05, 0) is 31.0 Å². The number of hydrogen-bond acceptors (Lipinski definition) is 1. The van der Waals surface area contributed by atoms with E-state index in [1.165, 1.54) is 6.92 Å². The highest BCUT2D eigenvalue weighted by atomic mass is 19.4. The van der Waals surface area contributed by atoms with Crippen LogP contribution in [0.4, 0.5) is 22.0 Å². The van der Waals surface area contributed by atoms with E-state index in [0.717, 1.165) is 12.1 Å². The molecule has 0 amide bonds. The van der Waals surface area contributed by atoms with E-state index in [4.69, 9.17) is 5.73 Å². The monoisotopic (exact) mass is 253 g/mol. The van der Waals surface area contributed by atoms with Gasteiger partial charge < -0.3 is 5.73 Å². The third kappa shape index (κ3) is 3.96. The molecule has 0 fully saturated rings. The van der Waals surface area contributed by atoms with Crippen LogP contribution in [0, 0.1) is 18.6 Å². The third-order valence-electron chi connectivity index (χ3n) is 2.42. The fourth-order valence-corrected chi connectivity index (χ4v) is 1.42. The number of hydrogen-bond donors (Lipinski definition) is 1. The van der Waals surface area contributed by atoms with Gasteiger partial charge in [0.25, 0.3) is 0 Å². The minimum atomic E-state index is -4.35. The molecule has 1 aromatic carbocycles. The van der Waals surface area contributed by atoms with Gasteiger partial charge in [-0.15, -0.1) is 0 Å². The Morgan fingerprint density at radius 2 is 1.76 bits per heavy atom. The molecule has 0 saturated heterocycles. The predicted octanol–water partition coefficient (Wildman–Crippen LogP) is 3.62. The average Bonchev–Trinajstić information content (AvgIpc) is 2.19. The first-order valence-electron chi connectivity index (χ1n) is 4.98. The highest BCUT2D eigenvalue weighted by Crippen LogP contribution is 2.28. The summed E-state index contributed by atoms with van der Waals surface area (Å²) < 4.78 is 62.4. The SMILES string of the molecule is Cc1cc(F)c(C(N)CCC(F)(F)F)cc1F. The zero-order valence-corrected chi connectivity index (χ0v) is 9.11. The summed E-state index contributed by atoms with van der Waals surface area (Å²) in [6.07, 6.45) is -5.94. The van der Waals surface area contributed by atoms with E-state index in [1.807, 2.05) is 0 Å². The molecule has 6 heteroatoms. The van der Waals surface area contributed by atoms with Crippen molar-refractivity contribution in [2.24, 2.45) is 5.73 Å². The molecule has 96 valence electrons. The lowest BCUT2D eigenvalue weighted by atomic mass is 10.0. The van der Waals surface area contributed by atoms with Crippen molar-refractivity contribution in [3.8, 4) is 0 Å². The Morgan fingerprint density at radius 1 is 1.18 bits per heavy atom. The van der Waals surface area contributed by atoms with Gasteiger partial charge >= 0.3 is 6.18 Å². The highest BCUT2D eigenvalue weighted by molar-refractivity contribution is 5.27. The number of alkyl halides is 3. The summed E-state index contributed by atoms with van der Waals surface area (Å²) >= 11 is 0. The largest absolute Gasteiger partial charge is 0.389 e. The normalized spacial score (nSPS) is 13.8. The summed E-state index contributed by atoms with van der Waals surface area (Å²) in [5, 5.41) is 0. The van der Waals surface area contributed by atoms with Crippen LogP contribution in [0.3, 0.4) is 0 Å². The average molecular weight is 253 g/mol. The fraction of sp³-hybridized carbons (Fsp3) is 0.455. The Labute approximate surface area is 95.4 Å². The smallest absolute Gasteiger partial charge is 0.324 e. The van der Waals surface area contributed by atoms with E-state index >= 15 is 0 Å². The molecule has 0 saturated carbocycles. The van der Waals surface area contributed by atoms with Crippen LogP contribution in [0.15, 0.2) is 12.1 Å². The second-order valence-corrected chi connectivity index (χ2v) is 3.88. The number of nitrogens with two attached hydrogens (primary N) is 1. The Morgan fingerprint density at radius 3 is 2.29 bits per heavy atom. The van der Waals surface area contributed by atoms with Gasteiger partial charge in [0.1, 0.15) is 11.6 Å². The molecule has 0 heterocycles. The molecule has 0 radical (unpaired) electrons. The van der Waals surface area contributed by atoms with Crippen LogP contribution >= 0.6 is 0 Å². The van der Waals surface area contributed by atoms with Gasteiger partial charge in [0.2, 0.25) is 0 Å². The van der Waals surface area contributed by atoms with Gasteiger partial charge in [-0.25, -0.2) is 8.78 Å². The summed E-state index contributed by atoms with van der Waals surface area (Å²) in [4.78, 5) is 0. The molecule has 0 aliphatic carbocycles. The van der Waals surface area contributed by atoms with Gasteiger partial charge in [0.15, 0.2) is 0 Å². The fourth-order valence-electron chi connectivity index (χ4n) is 1.42. The van der Waals surface area contributed by atoms with Crippen molar-refractivity contribution in [3.63, 3.8) is 0 Å². The molecule has 0 aromatic heterocycles. The van der Waals surface area contributed by atoms with Crippen LogP contribution in [-0.4, -0.2) is 6.18 Å². The molecule has 17 heavy (non-hydrogen) atoms. The van der Waals surface area contributed by atoms with E-state index in [9.17, 15) is 22.0 Å². The van der Waals surface area contributed by atoms with E-state index in [1.54, 1.807) is 0 Å². The Kier molecular flexibility index (Phi) is 4.08. The second kappa shape index (κ2) is 5.00. The minimum Gasteiger partial charge on any atom is -0.324 e. The third-order valence-corrected chi connectivity index (χ3v) is 2.42. The lowest BCUT2D eigenvalue weighted by Gasteiger charge is -2.15. The van der Waals surface area contributed by atoms with Crippen LogP contribution in [-0.2, 0) is 0 Å². The first-order chi connectivity index (χ1) is 7.70. The molecule has 0 aliphatic rings. The zero-order chi connectivity index (χ0) is 13.2. The highest BCUT2D eigenvalue weighted by Gasteiger charge is 2.28. The summed E-state index contributed by atoms with van der Waals surface area (Å²) in [6, 6.07) is 0.621. The molecule has 1 nitrogen and oxygen atoms in total. The Balaban J connectivity index is 2.82. The number of rotatable bonds is 3. The summed E-state index contributed by atoms with van der Waals surface area (Å²) in [5.41, 5.74) is 5.28.